The van der Waals surface area contributed by atoms with Crippen LogP contribution < -0.4 is 15.7 Å². The van der Waals surface area contributed by atoms with Crippen molar-refractivity contribution in [2.24, 2.45) is 0 Å². The van der Waals surface area contributed by atoms with Crippen LogP contribution in [0.5, 0.6) is 5.75 Å². The summed E-state index contributed by atoms with van der Waals surface area (Å²) >= 11 is 6.00. The van der Waals surface area contributed by atoms with Crippen LogP contribution in [-0.2, 0) is 22.6 Å². The second-order valence-electron chi connectivity index (χ2n) is 9.06. The molecule has 8 heteroatoms. The molecule has 0 unspecified atom stereocenters. The first-order valence-corrected chi connectivity index (χ1v) is 12.6. The average molecular weight is 542 g/mol. The van der Waals surface area contributed by atoms with E-state index in [1.165, 1.54) is 6.07 Å². The van der Waals surface area contributed by atoms with E-state index in [9.17, 15) is 14.4 Å². The van der Waals surface area contributed by atoms with Gasteiger partial charge >= 0.3 is 17.7 Å². The van der Waals surface area contributed by atoms with Crippen LogP contribution in [0.2, 0.25) is 5.02 Å². The molecule has 0 saturated carbocycles. The highest BCUT2D eigenvalue weighted by atomic mass is 35.5. The third-order valence-electron chi connectivity index (χ3n) is 6.25. The molecule has 1 heterocycles. The summed E-state index contributed by atoms with van der Waals surface area (Å²) in [7, 11) is 0. The number of benzene rings is 4. The first-order chi connectivity index (χ1) is 18.9. The molecule has 1 atom stereocenters. The number of aryl methyl sites for hydroxylation is 1. The Kier molecular flexibility index (Phi) is 7.61. The van der Waals surface area contributed by atoms with E-state index < -0.39 is 23.7 Å². The summed E-state index contributed by atoms with van der Waals surface area (Å²) in [6.45, 7) is 1.89. The molecule has 4 aromatic carbocycles. The average Bonchev–Trinajstić information content (AvgIpc) is 2.93. The van der Waals surface area contributed by atoms with Crippen molar-refractivity contribution < 1.29 is 23.5 Å². The zero-order valence-corrected chi connectivity index (χ0v) is 21.7. The van der Waals surface area contributed by atoms with Crippen LogP contribution in [0.25, 0.3) is 21.7 Å². The lowest BCUT2D eigenvalue weighted by atomic mass is 10.0. The number of hydrogen-bond acceptors (Lipinski definition) is 6. The lowest BCUT2D eigenvalue weighted by Gasteiger charge is -2.18. The van der Waals surface area contributed by atoms with Crippen molar-refractivity contribution >= 4 is 45.4 Å². The smallest absolute Gasteiger partial charge is 0.408 e. The highest BCUT2D eigenvalue weighted by molar-refractivity contribution is 6.30. The molecule has 5 rings (SSSR count). The molecule has 0 fully saturated rings. The van der Waals surface area contributed by atoms with Gasteiger partial charge < -0.3 is 19.2 Å². The minimum Gasteiger partial charge on any atom is -0.445 e. The molecule has 0 aliphatic carbocycles. The number of carbonyl (C=O) groups is 2. The van der Waals surface area contributed by atoms with Crippen LogP contribution >= 0.6 is 11.6 Å². The Morgan fingerprint density at radius 3 is 2.33 bits per heavy atom. The molecule has 7 nitrogen and oxygen atoms in total. The highest BCUT2D eigenvalue weighted by Gasteiger charge is 2.25. The van der Waals surface area contributed by atoms with Crippen molar-refractivity contribution in [2.75, 3.05) is 0 Å². The summed E-state index contributed by atoms with van der Waals surface area (Å²) in [4.78, 5) is 38.4. The number of hydrogen-bond donors (Lipinski definition) is 1. The first kappa shape index (κ1) is 26.0. The van der Waals surface area contributed by atoms with E-state index in [2.05, 4.69) is 5.32 Å². The number of rotatable bonds is 7. The molecule has 0 bridgehead atoms. The third-order valence-corrected chi connectivity index (χ3v) is 6.50. The second-order valence-corrected chi connectivity index (χ2v) is 9.50. The SMILES string of the molecule is Cc1cc(OC(=O)[C@@H](Cc2ccc(Cl)cc2)NC(=O)OCc2ccccc2)cc2oc(=O)c3ccccc3c12. The Labute approximate surface area is 228 Å². The number of alkyl carbamates (subject to hydrolysis) is 1. The fraction of sp³-hybridized carbons (Fsp3) is 0.129. The maximum atomic E-state index is 13.3. The summed E-state index contributed by atoms with van der Waals surface area (Å²) < 4.78 is 16.5. The molecule has 39 heavy (non-hydrogen) atoms. The summed E-state index contributed by atoms with van der Waals surface area (Å²) in [5.74, 6) is -0.521. The van der Waals surface area contributed by atoms with Gasteiger partial charge in [0.2, 0.25) is 0 Å². The van der Waals surface area contributed by atoms with Crippen LogP contribution in [-0.4, -0.2) is 18.1 Å². The van der Waals surface area contributed by atoms with Crippen molar-refractivity contribution in [1.82, 2.24) is 5.32 Å². The first-order valence-electron chi connectivity index (χ1n) is 12.3. The van der Waals surface area contributed by atoms with Gasteiger partial charge in [-0.3, -0.25) is 0 Å². The Morgan fingerprint density at radius 1 is 0.897 bits per heavy atom. The van der Waals surface area contributed by atoms with E-state index >= 15 is 0 Å². The molecule has 1 aromatic heterocycles. The number of esters is 1. The largest absolute Gasteiger partial charge is 0.445 e. The van der Waals surface area contributed by atoms with Crippen LogP contribution in [0.3, 0.4) is 0 Å². The van der Waals surface area contributed by atoms with Gasteiger partial charge in [-0.2, -0.15) is 0 Å². The highest BCUT2D eigenvalue weighted by Crippen LogP contribution is 2.30. The lowest BCUT2D eigenvalue weighted by Crippen LogP contribution is -2.44. The summed E-state index contributed by atoms with van der Waals surface area (Å²) in [5, 5.41) is 5.14. The maximum Gasteiger partial charge on any atom is 0.408 e. The van der Waals surface area contributed by atoms with Gasteiger partial charge in [0.15, 0.2) is 0 Å². The Morgan fingerprint density at radius 2 is 1.59 bits per heavy atom. The van der Waals surface area contributed by atoms with Gasteiger partial charge in [0.05, 0.1) is 5.39 Å². The molecule has 1 amide bonds. The van der Waals surface area contributed by atoms with Crippen molar-refractivity contribution in [2.45, 2.75) is 26.0 Å². The van der Waals surface area contributed by atoms with Gasteiger partial charge in [-0.25, -0.2) is 14.4 Å². The van der Waals surface area contributed by atoms with Crippen LogP contribution in [0, 0.1) is 6.92 Å². The summed E-state index contributed by atoms with van der Waals surface area (Å²) in [6.07, 6.45) is -0.621. The monoisotopic (exact) mass is 541 g/mol. The molecular weight excluding hydrogens is 518 g/mol. The number of carbonyl (C=O) groups excluding carboxylic acids is 2. The second kappa shape index (κ2) is 11.4. The fourth-order valence-corrected chi connectivity index (χ4v) is 4.51. The normalized spacial score (nSPS) is 11.7. The fourth-order valence-electron chi connectivity index (χ4n) is 4.39. The number of fused-ring (bicyclic) bond motifs is 3. The molecule has 0 aliphatic rings. The van der Waals surface area contributed by atoms with E-state index in [1.54, 1.807) is 42.5 Å². The molecule has 5 aromatic rings. The standard InChI is InChI=1S/C31H24ClNO6/c1-19-15-23(17-27-28(19)24-9-5-6-10-25(24)29(34)39-27)38-30(35)26(16-20-11-13-22(32)14-12-20)33-31(36)37-18-21-7-3-2-4-8-21/h2-15,17,26H,16,18H2,1H3,(H,33,36)/t26-/m1/s1. The van der Waals surface area contributed by atoms with Crippen molar-refractivity contribution in [3.63, 3.8) is 0 Å². The van der Waals surface area contributed by atoms with E-state index in [0.29, 0.717) is 16.0 Å². The number of halogens is 1. The van der Waals surface area contributed by atoms with Crippen molar-refractivity contribution in [3.05, 3.63) is 123 Å². The predicted molar refractivity (Wildman–Crippen MR) is 149 cm³/mol. The summed E-state index contributed by atoms with van der Waals surface area (Å²) in [6, 6.07) is 25.4. The van der Waals surface area contributed by atoms with E-state index in [4.69, 9.17) is 25.5 Å². The van der Waals surface area contributed by atoms with Gasteiger partial charge in [0.1, 0.15) is 24.0 Å². The van der Waals surface area contributed by atoms with Crippen LogP contribution in [0.4, 0.5) is 4.79 Å². The Hall–Kier alpha value is -4.62. The van der Waals surface area contributed by atoms with Gasteiger partial charge in [0, 0.05) is 28.3 Å². The topological polar surface area (TPSA) is 94.8 Å². The van der Waals surface area contributed by atoms with E-state index in [0.717, 1.165) is 27.5 Å². The molecular formula is C31H24ClNO6. The van der Waals surface area contributed by atoms with Crippen LogP contribution in [0.1, 0.15) is 16.7 Å². The van der Waals surface area contributed by atoms with E-state index in [1.807, 2.05) is 49.4 Å². The van der Waals surface area contributed by atoms with E-state index in [-0.39, 0.29) is 18.8 Å². The van der Waals surface area contributed by atoms with Gasteiger partial charge in [-0.1, -0.05) is 72.3 Å². The molecule has 0 radical (unpaired) electrons. The molecule has 0 aliphatic heterocycles. The van der Waals surface area contributed by atoms with Gasteiger partial charge in [-0.15, -0.1) is 0 Å². The Balaban J connectivity index is 1.39. The Bertz CT molecular complexity index is 1710. The zero-order valence-electron chi connectivity index (χ0n) is 21.0. The molecule has 0 spiro atoms. The summed E-state index contributed by atoms with van der Waals surface area (Å²) in [5.41, 5.74) is 2.15. The maximum absolute atomic E-state index is 13.3. The lowest BCUT2D eigenvalue weighted by molar-refractivity contribution is -0.136. The van der Waals surface area contributed by atoms with Crippen molar-refractivity contribution in [1.29, 1.82) is 0 Å². The van der Waals surface area contributed by atoms with Crippen molar-refractivity contribution in [3.8, 4) is 5.75 Å². The third kappa shape index (κ3) is 6.10. The molecule has 1 N–H and O–H groups in total. The minimum atomic E-state index is -1.06. The molecule has 0 saturated heterocycles. The quantitative estimate of drug-likeness (QED) is 0.112. The van der Waals surface area contributed by atoms with Gasteiger partial charge in [-0.05, 0) is 47.9 Å². The number of amides is 1. The minimum absolute atomic E-state index is 0.0479. The molecule has 196 valence electrons. The predicted octanol–water partition coefficient (Wildman–Crippen LogP) is 6.35. The number of ether oxygens (including phenoxy) is 2. The zero-order chi connectivity index (χ0) is 27.4. The van der Waals surface area contributed by atoms with Crippen LogP contribution in [0.15, 0.2) is 100 Å². The number of nitrogens with one attached hydrogen (secondary N) is 1. The van der Waals surface area contributed by atoms with Gasteiger partial charge in [0.25, 0.3) is 0 Å².